The number of piperazine rings is 1. The van der Waals surface area contributed by atoms with E-state index in [4.69, 9.17) is 14.2 Å². The van der Waals surface area contributed by atoms with Crippen molar-refractivity contribution in [1.82, 2.24) is 10.2 Å². The molecular formula is C23H26N2O6. The van der Waals surface area contributed by atoms with E-state index < -0.39 is 17.9 Å². The van der Waals surface area contributed by atoms with Crippen LogP contribution in [0.1, 0.15) is 22.3 Å². The Labute approximate surface area is 181 Å². The number of amides is 2. The zero-order valence-corrected chi connectivity index (χ0v) is 17.6. The van der Waals surface area contributed by atoms with Crippen molar-refractivity contribution >= 4 is 17.8 Å². The maximum Gasteiger partial charge on any atom is 0.308 e. The van der Waals surface area contributed by atoms with Gasteiger partial charge in [0.25, 0.3) is 5.91 Å². The van der Waals surface area contributed by atoms with Gasteiger partial charge in [0.15, 0.2) is 0 Å². The van der Waals surface area contributed by atoms with Crippen LogP contribution in [0.2, 0.25) is 0 Å². The van der Waals surface area contributed by atoms with Crippen LogP contribution in [0.15, 0.2) is 48.5 Å². The second-order valence-electron chi connectivity index (χ2n) is 7.03. The van der Waals surface area contributed by atoms with Gasteiger partial charge in [0, 0.05) is 25.6 Å². The molecule has 0 radical (unpaired) electrons. The fourth-order valence-electron chi connectivity index (χ4n) is 3.43. The van der Waals surface area contributed by atoms with Gasteiger partial charge in [-0.05, 0) is 17.7 Å². The summed E-state index contributed by atoms with van der Waals surface area (Å²) in [7, 11) is 2.97. The molecule has 0 aliphatic carbocycles. The summed E-state index contributed by atoms with van der Waals surface area (Å²) in [5.74, 6) is -0.427. The smallest absolute Gasteiger partial charge is 0.308 e. The number of carbonyl (C=O) groups excluding carboxylic acids is 3. The SMILES string of the molecule is COc1ccc(C(=O)N2CCNC(=O)C2CC(=O)OCCc2ccccc2)c(OC)c1. The van der Waals surface area contributed by atoms with E-state index in [1.54, 1.807) is 18.2 Å². The first-order chi connectivity index (χ1) is 15.0. The Bertz CT molecular complexity index is 931. The molecule has 0 saturated carbocycles. The van der Waals surface area contributed by atoms with E-state index >= 15 is 0 Å². The molecule has 2 aromatic carbocycles. The van der Waals surface area contributed by atoms with E-state index in [9.17, 15) is 14.4 Å². The number of hydrogen-bond donors (Lipinski definition) is 1. The highest BCUT2D eigenvalue weighted by Crippen LogP contribution is 2.27. The first-order valence-corrected chi connectivity index (χ1v) is 10.0. The van der Waals surface area contributed by atoms with Gasteiger partial charge in [0.1, 0.15) is 17.5 Å². The molecule has 3 rings (SSSR count). The van der Waals surface area contributed by atoms with E-state index in [0.717, 1.165) is 5.56 Å². The van der Waals surface area contributed by atoms with Crippen molar-refractivity contribution < 1.29 is 28.6 Å². The molecule has 1 atom stereocenters. The van der Waals surface area contributed by atoms with Gasteiger partial charge in [0.05, 0.1) is 32.8 Å². The van der Waals surface area contributed by atoms with Gasteiger partial charge < -0.3 is 24.4 Å². The zero-order valence-electron chi connectivity index (χ0n) is 17.6. The highest BCUT2D eigenvalue weighted by molar-refractivity contribution is 6.01. The lowest BCUT2D eigenvalue weighted by Gasteiger charge is -2.34. The van der Waals surface area contributed by atoms with E-state index in [1.165, 1.54) is 19.1 Å². The maximum atomic E-state index is 13.2. The average Bonchev–Trinajstić information content (AvgIpc) is 2.80. The number of carbonyl (C=O) groups is 3. The van der Waals surface area contributed by atoms with E-state index in [2.05, 4.69) is 5.32 Å². The summed E-state index contributed by atoms with van der Waals surface area (Å²) in [5, 5.41) is 2.71. The molecule has 0 spiro atoms. The quantitative estimate of drug-likeness (QED) is 0.647. The van der Waals surface area contributed by atoms with Gasteiger partial charge in [-0.15, -0.1) is 0 Å². The minimum atomic E-state index is -0.947. The molecule has 1 fully saturated rings. The topological polar surface area (TPSA) is 94.2 Å². The number of nitrogens with zero attached hydrogens (tertiary/aromatic N) is 1. The Hall–Kier alpha value is -3.55. The van der Waals surface area contributed by atoms with Crippen LogP contribution in [0, 0.1) is 0 Å². The second-order valence-corrected chi connectivity index (χ2v) is 7.03. The minimum absolute atomic E-state index is 0.206. The van der Waals surface area contributed by atoms with Crippen molar-refractivity contribution in [2.75, 3.05) is 33.9 Å². The second kappa shape index (κ2) is 10.5. The van der Waals surface area contributed by atoms with Gasteiger partial charge in [-0.2, -0.15) is 0 Å². The Morgan fingerprint density at radius 3 is 2.58 bits per heavy atom. The summed E-state index contributed by atoms with van der Waals surface area (Å²) < 4.78 is 15.8. The molecule has 2 aromatic rings. The predicted molar refractivity (Wildman–Crippen MR) is 113 cm³/mol. The number of esters is 1. The molecule has 8 nitrogen and oxygen atoms in total. The lowest BCUT2D eigenvalue weighted by molar-refractivity contribution is -0.147. The molecule has 1 N–H and O–H groups in total. The summed E-state index contributed by atoms with van der Waals surface area (Å²) in [5.41, 5.74) is 1.34. The van der Waals surface area contributed by atoms with Gasteiger partial charge in [-0.1, -0.05) is 30.3 Å². The predicted octanol–water partition coefficient (Wildman–Crippen LogP) is 1.82. The lowest BCUT2D eigenvalue weighted by atomic mass is 10.1. The van der Waals surface area contributed by atoms with Crippen LogP contribution in [-0.4, -0.2) is 62.6 Å². The third-order valence-corrected chi connectivity index (χ3v) is 5.09. The lowest BCUT2D eigenvalue weighted by Crippen LogP contribution is -2.57. The fourth-order valence-corrected chi connectivity index (χ4v) is 3.43. The highest BCUT2D eigenvalue weighted by Gasteiger charge is 2.36. The van der Waals surface area contributed by atoms with Crippen LogP contribution in [0.3, 0.4) is 0 Å². The highest BCUT2D eigenvalue weighted by atomic mass is 16.5. The van der Waals surface area contributed by atoms with E-state index in [0.29, 0.717) is 30.0 Å². The number of nitrogens with one attached hydrogen (secondary N) is 1. The number of ether oxygens (including phenoxy) is 3. The van der Waals surface area contributed by atoms with Crippen molar-refractivity contribution in [3.05, 3.63) is 59.7 Å². The molecule has 0 aromatic heterocycles. The van der Waals surface area contributed by atoms with Gasteiger partial charge in [0.2, 0.25) is 5.91 Å². The zero-order chi connectivity index (χ0) is 22.2. The Balaban J connectivity index is 1.67. The van der Waals surface area contributed by atoms with Crippen LogP contribution >= 0.6 is 0 Å². The van der Waals surface area contributed by atoms with Crippen molar-refractivity contribution in [2.45, 2.75) is 18.9 Å². The van der Waals surface area contributed by atoms with E-state index in [1.807, 2.05) is 30.3 Å². The van der Waals surface area contributed by atoms with Crippen LogP contribution in [0.4, 0.5) is 0 Å². The summed E-state index contributed by atoms with van der Waals surface area (Å²) in [6.07, 6.45) is 0.361. The third kappa shape index (κ3) is 5.53. The molecule has 1 aliphatic heterocycles. The summed E-state index contributed by atoms with van der Waals surface area (Å²) in [6.45, 7) is 0.793. The largest absolute Gasteiger partial charge is 0.497 e. The third-order valence-electron chi connectivity index (χ3n) is 5.09. The summed E-state index contributed by atoms with van der Waals surface area (Å²) in [6, 6.07) is 13.5. The molecule has 1 heterocycles. The molecule has 31 heavy (non-hydrogen) atoms. The van der Waals surface area contributed by atoms with Crippen molar-refractivity contribution in [3.63, 3.8) is 0 Å². The van der Waals surface area contributed by atoms with Gasteiger partial charge in [-0.3, -0.25) is 14.4 Å². The van der Waals surface area contributed by atoms with Crippen molar-refractivity contribution in [1.29, 1.82) is 0 Å². The normalized spacial score (nSPS) is 15.7. The monoisotopic (exact) mass is 426 g/mol. The Kier molecular flexibility index (Phi) is 7.48. The van der Waals surface area contributed by atoms with Crippen LogP contribution in [0.25, 0.3) is 0 Å². The van der Waals surface area contributed by atoms with Crippen LogP contribution in [-0.2, 0) is 20.7 Å². The van der Waals surface area contributed by atoms with Gasteiger partial charge in [-0.25, -0.2) is 0 Å². The maximum absolute atomic E-state index is 13.2. The first kappa shape index (κ1) is 22.1. The number of methoxy groups -OCH3 is 2. The average molecular weight is 426 g/mol. The summed E-state index contributed by atoms with van der Waals surface area (Å²) >= 11 is 0. The summed E-state index contributed by atoms with van der Waals surface area (Å²) in [4.78, 5) is 39.4. The van der Waals surface area contributed by atoms with Crippen LogP contribution in [0.5, 0.6) is 11.5 Å². The molecule has 1 unspecified atom stereocenters. The Morgan fingerprint density at radius 2 is 1.87 bits per heavy atom. The number of hydrogen-bond acceptors (Lipinski definition) is 6. The molecule has 164 valence electrons. The number of rotatable bonds is 8. The van der Waals surface area contributed by atoms with Crippen molar-refractivity contribution in [3.8, 4) is 11.5 Å². The standard InChI is InChI=1S/C23H26N2O6/c1-29-17-8-9-18(20(14-17)30-2)23(28)25-12-11-24-22(27)19(25)15-21(26)31-13-10-16-6-4-3-5-7-16/h3-9,14,19H,10-13,15H2,1-2H3,(H,24,27). The van der Waals surface area contributed by atoms with Gasteiger partial charge >= 0.3 is 5.97 Å². The Morgan fingerprint density at radius 1 is 1.10 bits per heavy atom. The first-order valence-electron chi connectivity index (χ1n) is 10.0. The molecule has 1 saturated heterocycles. The molecule has 8 heteroatoms. The minimum Gasteiger partial charge on any atom is -0.497 e. The number of benzene rings is 2. The van der Waals surface area contributed by atoms with Crippen molar-refractivity contribution in [2.24, 2.45) is 0 Å². The van der Waals surface area contributed by atoms with E-state index in [-0.39, 0.29) is 25.5 Å². The molecule has 0 bridgehead atoms. The van der Waals surface area contributed by atoms with Crippen LogP contribution < -0.4 is 14.8 Å². The fraction of sp³-hybridized carbons (Fsp3) is 0.348. The molecule has 1 aliphatic rings. The molecular weight excluding hydrogens is 400 g/mol. The molecule has 2 amide bonds.